The zero-order valence-electron chi connectivity index (χ0n) is 15.7. The van der Waals surface area contributed by atoms with Gasteiger partial charge in [0.1, 0.15) is 0 Å². The van der Waals surface area contributed by atoms with Crippen molar-refractivity contribution in [1.82, 2.24) is 19.4 Å². The number of aryl methyl sites for hydroxylation is 3. The molecule has 0 spiro atoms. The molecule has 1 aromatic carbocycles. The number of aromatic nitrogens is 2. The third-order valence-electron chi connectivity index (χ3n) is 5.46. The van der Waals surface area contributed by atoms with Crippen molar-refractivity contribution in [2.45, 2.75) is 50.5 Å². The van der Waals surface area contributed by atoms with Gasteiger partial charge in [0.2, 0.25) is 21.8 Å². The Balaban J connectivity index is 1.41. The summed E-state index contributed by atoms with van der Waals surface area (Å²) in [5.74, 6) is 1.23. The topological polar surface area (TPSA) is 79.5 Å². The normalized spacial score (nSPS) is 19.1. The molecule has 1 saturated heterocycles. The summed E-state index contributed by atoms with van der Waals surface area (Å²) in [4.78, 5) is 2.59. The first-order valence-corrected chi connectivity index (χ1v) is 11.2. The summed E-state index contributed by atoms with van der Waals surface area (Å²) >= 11 is 0. The molecule has 1 aromatic heterocycles. The van der Waals surface area contributed by atoms with Crippen molar-refractivity contribution in [3.63, 3.8) is 0 Å². The molecule has 1 aliphatic heterocycles. The van der Waals surface area contributed by atoms with Gasteiger partial charge in [0.25, 0.3) is 0 Å². The molecule has 0 unspecified atom stereocenters. The van der Waals surface area contributed by atoms with E-state index < -0.39 is 10.0 Å². The Bertz CT molecular complexity index is 901. The van der Waals surface area contributed by atoms with Crippen LogP contribution in [0.4, 0.5) is 0 Å². The lowest BCUT2D eigenvalue weighted by molar-refractivity contribution is 0.167. The van der Waals surface area contributed by atoms with E-state index >= 15 is 0 Å². The first-order valence-electron chi connectivity index (χ1n) is 9.72. The molecule has 0 amide bonds. The van der Waals surface area contributed by atoms with Gasteiger partial charge >= 0.3 is 0 Å². The lowest BCUT2D eigenvalue weighted by Gasteiger charge is -2.33. The number of piperazine rings is 1. The molecule has 0 atom stereocenters. The first kappa shape index (κ1) is 18.6. The Morgan fingerprint density at radius 1 is 1.00 bits per heavy atom. The number of nitrogens with zero attached hydrogens (tertiary/aromatic N) is 4. The van der Waals surface area contributed by atoms with E-state index in [1.807, 2.05) is 19.1 Å². The Morgan fingerprint density at radius 3 is 2.41 bits per heavy atom. The number of fused-ring (bicyclic) bond motifs is 1. The fourth-order valence-corrected chi connectivity index (χ4v) is 5.31. The average molecular weight is 391 g/mol. The van der Waals surface area contributed by atoms with Crippen LogP contribution in [0.3, 0.4) is 0 Å². The zero-order chi connectivity index (χ0) is 18.9. The second-order valence-corrected chi connectivity index (χ2v) is 9.20. The summed E-state index contributed by atoms with van der Waals surface area (Å²) in [7, 11) is -3.44. The van der Waals surface area contributed by atoms with Crippen LogP contribution < -0.4 is 0 Å². The zero-order valence-corrected chi connectivity index (χ0v) is 16.5. The van der Waals surface area contributed by atoms with Gasteiger partial charge in [-0.25, -0.2) is 8.42 Å². The van der Waals surface area contributed by atoms with Crippen molar-refractivity contribution in [1.29, 1.82) is 0 Å². The van der Waals surface area contributed by atoms with Crippen molar-refractivity contribution >= 4 is 10.0 Å². The molecule has 1 fully saturated rings. The molecule has 0 N–H and O–H groups in total. The van der Waals surface area contributed by atoms with Crippen LogP contribution in [-0.2, 0) is 35.8 Å². The van der Waals surface area contributed by atoms with Gasteiger partial charge in [-0.05, 0) is 48.9 Å². The lowest BCUT2D eigenvalue weighted by atomic mass is 9.92. The van der Waals surface area contributed by atoms with E-state index in [2.05, 4.69) is 15.1 Å². The molecule has 0 radical (unpaired) electrons. The predicted octanol–water partition coefficient (Wildman–Crippen LogP) is 2.02. The highest BCUT2D eigenvalue weighted by atomic mass is 32.2. The molecule has 146 valence electrons. The molecule has 1 aliphatic carbocycles. The number of hydrogen-bond acceptors (Lipinski definition) is 6. The first-order chi connectivity index (χ1) is 13.1. The maximum Gasteiger partial charge on any atom is 0.243 e. The molecular formula is C19H26N4O3S. The quantitative estimate of drug-likeness (QED) is 0.777. The molecule has 4 rings (SSSR count). The highest BCUT2D eigenvalue weighted by Gasteiger charge is 2.29. The van der Waals surface area contributed by atoms with Crippen LogP contribution in [0.25, 0.3) is 0 Å². The van der Waals surface area contributed by atoms with Crippen LogP contribution in [0, 0.1) is 0 Å². The van der Waals surface area contributed by atoms with Gasteiger partial charge in [0.15, 0.2) is 0 Å². The molecule has 7 nitrogen and oxygen atoms in total. The molecule has 27 heavy (non-hydrogen) atoms. The molecule has 0 saturated carbocycles. The number of rotatable bonds is 5. The Kier molecular flexibility index (Phi) is 5.29. The van der Waals surface area contributed by atoms with Gasteiger partial charge in [-0.2, -0.15) is 4.31 Å². The summed E-state index contributed by atoms with van der Waals surface area (Å²) in [6, 6.07) is 5.66. The summed E-state index contributed by atoms with van der Waals surface area (Å²) in [6.07, 6.45) is 5.10. The van der Waals surface area contributed by atoms with E-state index in [9.17, 15) is 8.42 Å². The van der Waals surface area contributed by atoms with Crippen molar-refractivity contribution in [3.05, 3.63) is 41.1 Å². The average Bonchev–Trinajstić information content (AvgIpc) is 3.15. The van der Waals surface area contributed by atoms with E-state index in [0.717, 1.165) is 25.7 Å². The smallest absolute Gasteiger partial charge is 0.243 e. The minimum Gasteiger partial charge on any atom is -0.424 e. The maximum absolute atomic E-state index is 13.0. The van der Waals surface area contributed by atoms with Crippen molar-refractivity contribution in [2.75, 3.05) is 26.2 Å². The largest absolute Gasteiger partial charge is 0.424 e. The Morgan fingerprint density at radius 2 is 1.70 bits per heavy atom. The third-order valence-corrected chi connectivity index (χ3v) is 7.35. The maximum atomic E-state index is 13.0. The summed E-state index contributed by atoms with van der Waals surface area (Å²) in [5.41, 5.74) is 2.50. The molecule has 2 heterocycles. The van der Waals surface area contributed by atoms with Crippen LogP contribution in [0.1, 0.15) is 42.7 Å². The van der Waals surface area contributed by atoms with Gasteiger partial charge in [0.05, 0.1) is 11.4 Å². The fourth-order valence-electron chi connectivity index (χ4n) is 3.83. The van der Waals surface area contributed by atoms with Crippen LogP contribution in [0.2, 0.25) is 0 Å². The highest BCUT2D eigenvalue weighted by molar-refractivity contribution is 7.89. The second kappa shape index (κ2) is 7.69. The Hall–Kier alpha value is -1.77. The summed E-state index contributed by atoms with van der Waals surface area (Å²) in [6.45, 7) is 4.83. The van der Waals surface area contributed by atoms with Crippen LogP contribution >= 0.6 is 0 Å². The molecule has 0 bridgehead atoms. The molecule has 2 aromatic rings. The molecular weight excluding hydrogens is 364 g/mol. The van der Waals surface area contributed by atoms with Gasteiger partial charge < -0.3 is 4.42 Å². The van der Waals surface area contributed by atoms with E-state index in [-0.39, 0.29) is 0 Å². The van der Waals surface area contributed by atoms with Gasteiger partial charge in [-0.3, -0.25) is 4.90 Å². The van der Waals surface area contributed by atoms with E-state index in [0.29, 0.717) is 49.4 Å². The summed E-state index contributed by atoms with van der Waals surface area (Å²) < 4.78 is 33.2. The van der Waals surface area contributed by atoms with E-state index in [4.69, 9.17) is 4.42 Å². The van der Waals surface area contributed by atoms with Crippen LogP contribution in [0.15, 0.2) is 27.5 Å². The van der Waals surface area contributed by atoms with Crippen molar-refractivity contribution < 1.29 is 12.8 Å². The number of sulfonamides is 1. The third kappa shape index (κ3) is 3.93. The monoisotopic (exact) mass is 390 g/mol. The Labute approximate surface area is 160 Å². The standard InChI is InChI=1S/C19H26N4O3S/c1-2-18-20-21-19(26-18)14-22-9-11-23(12-10-22)27(24,25)17-8-7-15-5-3-4-6-16(15)13-17/h7-8,13H,2-6,9-12,14H2,1H3. The molecule has 2 aliphatic rings. The van der Waals surface area contributed by atoms with Crippen LogP contribution in [0.5, 0.6) is 0 Å². The fraction of sp³-hybridized carbons (Fsp3) is 0.579. The van der Waals surface area contributed by atoms with E-state index in [1.165, 1.54) is 17.5 Å². The molecule has 8 heteroatoms. The van der Waals surface area contributed by atoms with Crippen molar-refractivity contribution in [2.24, 2.45) is 0 Å². The lowest BCUT2D eigenvalue weighted by Crippen LogP contribution is -2.48. The predicted molar refractivity (Wildman–Crippen MR) is 101 cm³/mol. The van der Waals surface area contributed by atoms with E-state index in [1.54, 1.807) is 10.4 Å². The highest BCUT2D eigenvalue weighted by Crippen LogP contribution is 2.26. The van der Waals surface area contributed by atoms with Crippen molar-refractivity contribution in [3.8, 4) is 0 Å². The minimum atomic E-state index is -3.44. The van der Waals surface area contributed by atoms with Crippen LogP contribution in [-0.4, -0.2) is 54.0 Å². The van der Waals surface area contributed by atoms with Gasteiger partial charge in [-0.15, -0.1) is 10.2 Å². The number of benzene rings is 1. The number of hydrogen-bond donors (Lipinski definition) is 0. The minimum absolute atomic E-state index is 0.432. The van der Waals surface area contributed by atoms with Gasteiger partial charge in [-0.1, -0.05) is 13.0 Å². The summed E-state index contributed by atoms with van der Waals surface area (Å²) in [5, 5.41) is 8.03. The van der Waals surface area contributed by atoms with Gasteiger partial charge in [0, 0.05) is 32.6 Å². The second-order valence-electron chi connectivity index (χ2n) is 7.26. The SMILES string of the molecule is CCc1nnc(CN2CCN(S(=O)(=O)c3ccc4c(c3)CCCC4)CC2)o1.